The highest BCUT2D eigenvalue weighted by molar-refractivity contribution is 7.60. The summed E-state index contributed by atoms with van der Waals surface area (Å²) in [6.07, 6.45) is 1.41. The SMILES string of the molecule is CC(C)(C)P1C(c2ccccc2)CC(=O)CC1c1ccccc1. The Balaban J connectivity index is 2.06. The number of benzene rings is 2. The Bertz CT molecular complexity index is 606. The van der Waals surface area contributed by atoms with Crippen LogP contribution in [0.2, 0.25) is 0 Å². The van der Waals surface area contributed by atoms with Gasteiger partial charge in [0.05, 0.1) is 0 Å². The van der Waals surface area contributed by atoms with Crippen molar-refractivity contribution in [1.29, 1.82) is 0 Å². The molecule has 0 amide bonds. The van der Waals surface area contributed by atoms with Crippen LogP contribution in [0.5, 0.6) is 0 Å². The van der Waals surface area contributed by atoms with Crippen molar-refractivity contribution in [2.24, 2.45) is 0 Å². The van der Waals surface area contributed by atoms with Crippen LogP contribution in [0.25, 0.3) is 0 Å². The first-order valence-electron chi connectivity index (χ1n) is 8.37. The second-order valence-corrected chi connectivity index (χ2v) is 10.8. The molecule has 1 fully saturated rings. The van der Waals surface area contributed by atoms with Gasteiger partial charge in [0.2, 0.25) is 0 Å². The second kappa shape index (κ2) is 6.57. The van der Waals surface area contributed by atoms with Crippen LogP contribution >= 0.6 is 7.92 Å². The van der Waals surface area contributed by atoms with Crippen LogP contribution in [0.3, 0.4) is 0 Å². The lowest BCUT2D eigenvalue weighted by Gasteiger charge is -2.46. The highest BCUT2D eigenvalue weighted by atomic mass is 31.1. The summed E-state index contributed by atoms with van der Waals surface area (Å²) in [7, 11) is -0.340. The maximum absolute atomic E-state index is 12.5. The Hall–Kier alpha value is -1.46. The van der Waals surface area contributed by atoms with Crippen LogP contribution in [0, 0.1) is 0 Å². The molecule has 2 unspecified atom stereocenters. The normalized spacial score (nSPS) is 25.3. The number of carbonyl (C=O) groups excluding carboxylic acids is 1. The second-order valence-electron chi connectivity index (χ2n) is 7.38. The van der Waals surface area contributed by atoms with E-state index >= 15 is 0 Å². The van der Waals surface area contributed by atoms with Crippen LogP contribution in [0.1, 0.15) is 56.1 Å². The first kappa shape index (κ1) is 16.4. The van der Waals surface area contributed by atoms with Crippen molar-refractivity contribution in [2.75, 3.05) is 0 Å². The van der Waals surface area contributed by atoms with Crippen LogP contribution in [0.15, 0.2) is 60.7 Å². The largest absolute Gasteiger partial charge is 0.300 e. The molecule has 23 heavy (non-hydrogen) atoms. The number of hydrogen-bond donors (Lipinski definition) is 0. The molecule has 2 atom stereocenters. The van der Waals surface area contributed by atoms with Gasteiger partial charge in [0.1, 0.15) is 5.78 Å². The molecule has 0 saturated carbocycles. The number of carbonyl (C=O) groups is 1. The van der Waals surface area contributed by atoms with E-state index in [4.69, 9.17) is 0 Å². The highest BCUT2D eigenvalue weighted by Crippen LogP contribution is 2.73. The van der Waals surface area contributed by atoms with Crippen molar-refractivity contribution in [3.8, 4) is 0 Å². The summed E-state index contributed by atoms with van der Waals surface area (Å²) in [4.78, 5) is 12.5. The predicted octanol–water partition coefficient (Wildman–Crippen LogP) is 6.11. The molecule has 0 aromatic heterocycles. The quantitative estimate of drug-likeness (QED) is 0.609. The summed E-state index contributed by atoms with van der Waals surface area (Å²) in [6, 6.07) is 21.3. The average Bonchev–Trinajstić information content (AvgIpc) is 2.54. The third kappa shape index (κ3) is 3.56. The summed E-state index contributed by atoms with van der Waals surface area (Å²) >= 11 is 0. The minimum absolute atomic E-state index is 0.219. The topological polar surface area (TPSA) is 17.1 Å². The van der Waals surface area contributed by atoms with Crippen molar-refractivity contribution in [3.05, 3.63) is 71.8 Å². The number of ketones is 1. The molecule has 1 nitrogen and oxygen atoms in total. The lowest BCUT2D eigenvalue weighted by Crippen LogP contribution is -2.27. The van der Waals surface area contributed by atoms with Crippen molar-refractivity contribution >= 4 is 13.7 Å². The molecule has 0 spiro atoms. The highest BCUT2D eigenvalue weighted by Gasteiger charge is 2.43. The molecule has 1 aliphatic heterocycles. The van der Waals surface area contributed by atoms with E-state index in [2.05, 4.69) is 81.4 Å². The van der Waals surface area contributed by atoms with Gasteiger partial charge in [-0.1, -0.05) is 89.4 Å². The van der Waals surface area contributed by atoms with E-state index in [1.165, 1.54) is 11.1 Å². The van der Waals surface area contributed by atoms with Gasteiger partial charge in [0.15, 0.2) is 0 Å². The summed E-state index contributed by atoms with van der Waals surface area (Å²) in [5, 5.41) is 0.219. The number of rotatable bonds is 2. The Labute approximate surface area is 140 Å². The van der Waals surface area contributed by atoms with Gasteiger partial charge in [-0.3, -0.25) is 4.79 Å². The van der Waals surface area contributed by atoms with Gasteiger partial charge in [-0.25, -0.2) is 0 Å². The fraction of sp³-hybridized carbons (Fsp3) is 0.381. The fourth-order valence-corrected chi connectivity index (χ4v) is 7.86. The molecule has 0 aliphatic carbocycles. The molecule has 2 aromatic carbocycles. The minimum Gasteiger partial charge on any atom is -0.300 e. The lowest BCUT2D eigenvalue weighted by atomic mass is 10.00. The molecule has 3 rings (SSSR count). The molecule has 0 radical (unpaired) electrons. The molecular formula is C21H25OP. The molecular weight excluding hydrogens is 299 g/mol. The first-order chi connectivity index (χ1) is 11.0. The molecule has 0 N–H and O–H groups in total. The summed E-state index contributed by atoms with van der Waals surface area (Å²) in [5.41, 5.74) is 3.42. The van der Waals surface area contributed by atoms with Gasteiger partial charge in [-0.05, 0) is 16.3 Å². The molecule has 1 heterocycles. The van der Waals surface area contributed by atoms with Crippen molar-refractivity contribution < 1.29 is 4.79 Å². The maximum atomic E-state index is 12.5. The van der Waals surface area contributed by atoms with Crippen molar-refractivity contribution in [1.82, 2.24) is 0 Å². The Morgan fingerprint density at radius 2 is 1.17 bits per heavy atom. The number of hydrogen-bond acceptors (Lipinski definition) is 1. The summed E-state index contributed by atoms with van der Waals surface area (Å²) in [6.45, 7) is 7.04. The molecule has 1 saturated heterocycles. The van der Waals surface area contributed by atoms with E-state index in [1.807, 2.05) is 0 Å². The molecule has 2 aromatic rings. The maximum Gasteiger partial charge on any atom is 0.134 e. The van der Waals surface area contributed by atoms with Gasteiger partial charge in [-0.15, -0.1) is 0 Å². The van der Waals surface area contributed by atoms with Gasteiger partial charge >= 0.3 is 0 Å². The Morgan fingerprint density at radius 3 is 1.52 bits per heavy atom. The van der Waals surface area contributed by atoms with E-state index in [0.29, 0.717) is 29.9 Å². The molecule has 2 heteroatoms. The molecule has 1 aliphatic rings. The monoisotopic (exact) mass is 324 g/mol. The van der Waals surface area contributed by atoms with Crippen LogP contribution in [0.4, 0.5) is 0 Å². The summed E-state index contributed by atoms with van der Waals surface area (Å²) < 4.78 is 0. The van der Waals surface area contributed by atoms with Crippen LogP contribution < -0.4 is 0 Å². The zero-order valence-corrected chi connectivity index (χ0v) is 15.1. The summed E-state index contributed by atoms with van der Waals surface area (Å²) in [5.74, 6) is 0.413. The Kier molecular flexibility index (Phi) is 4.69. The zero-order valence-electron chi connectivity index (χ0n) is 14.2. The lowest BCUT2D eigenvalue weighted by molar-refractivity contribution is -0.119. The first-order valence-corrected chi connectivity index (χ1v) is 9.85. The van der Waals surface area contributed by atoms with Crippen molar-refractivity contribution in [3.63, 3.8) is 0 Å². The van der Waals surface area contributed by atoms with Crippen LogP contribution in [-0.4, -0.2) is 10.9 Å². The number of Topliss-reactive ketones (excluding diaryl/α,β-unsaturated/α-hetero) is 1. The third-order valence-corrected chi connectivity index (χ3v) is 8.51. The van der Waals surface area contributed by atoms with Gasteiger partial charge in [-0.2, -0.15) is 0 Å². The van der Waals surface area contributed by atoms with Crippen molar-refractivity contribution in [2.45, 2.75) is 50.1 Å². The van der Waals surface area contributed by atoms with E-state index < -0.39 is 0 Å². The van der Waals surface area contributed by atoms with Gasteiger partial charge < -0.3 is 0 Å². The molecule has 120 valence electrons. The average molecular weight is 324 g/mol. The Morgan fingerprint density at radius 1 is 0.783 bits per heavy atom. The zero-order chi connectivity index (χ0) is 16.4. The van der Waals surface area contributed by atoms with Gasteiger partial charge in [0.25, 0.3) is 0 Å². The molecule has 0 bridgehead atoms. The smallest absolute Gasteiger partial charge is 0.134 e. The van der Waals surface area contributed by atoms with Gasteiger partial charge in [0, 0.05) is 24.2 Å². The van der Waals surface area contributed by atoms with E-state index in [-0.39, 0.29) is 13.1 Å². The van der Waals surface area contributed by atoms with E-state index in [1.54, 1.807) is 0 Å². The van der Waals surface area contributed by atoms with E-state index in [9.17, 15) is 4.79 Å². The fourth-order valence-electron chi connectivity index (χ4n) is 3.77. The van der Waals surface area contributed by atoms with Crippen LogP contribution in [-0.2, 0) is 4.79 Å². The third-order valence-electron chi connectivity index (χ3n) is 4.66. The minimum atomic E-state index is -0.340. The predicted molar refractivity (Wildman–Crippen MR) is 99.3 cm³/mol. The van der Waals surface area contributed by atoms with E-state index in [0.717, 1.165) is 0 Å². The standard InChI is InChI=1S/C21H25OP/c1-21(2,3)23-19(16-10-6-4-7-11-16)14-18(22)15-20(23)17-12-8-5-9-13-17/h4-13,19-20H,14-15H2,1-3H3.